The molecule has 1 saturated carbocycles. The van der Waals surface area contributed by atoms with E-state index in [9.17, 15) is 5.11 Å². The first-order valence-electron chi connectivity index (χ1n) is 6.92. The molecular weight excluding hydrogens is 222 g/mol. The van der Waals surface area contributed by atoms with Crippen LogP contribution in [0.25, 0.3) is 0 Å². The van der Waals surface area contributed by atoms with Gasteiger partial charge in [-0.2, -0.15) is 0 Å². The summed E-state index contributed by atoms with van der Waals surface area (Å²) in [5.41, 5.74) is 7.03. The van der Waals surface area contributed by atoms with Crippen molar-refractivity contribution < 1.29 is 5.11 Å². The summed E-state index contributed by atoms with van der Waals surface area (Å²) in [6, 6.07) is 8.28. The molecule has 1 atom stereocenters. The van der Waals surface area contributed by atoms with E-state index in [1.165, 1.54) is 24.8 Å². The molecule has 2 rings (SSSR count). The average molecular weight is 247 g/mol. The molecule has 0 radical (unpaired) electrons. The predicted octanol–water partition coefficient (Wildman–Crippen LogP) is 3.15. The van der Waals surface area contributed by atoms with Gasteiger partial charge in [0, 0.05) is 6.54 Å². The zero-order valence-corrected chi connectivity index (χ0v) is 11.7. The van der Waals surface area contributed by atoms with E-state index in [1.807, 2.05) is 12.1 Å². The van der Waals surface area contributed by atoms with Crippen molar-refractivity contribution in [2.45, 2.75) is 51.6 Å². The predicted molar refractivity (Wildman–Crippen MR) is 75.4 cm³/mol. The van der Waals surface area contributed by atoms with Crippen LogP contribution in [-0.4, -0.2) is 11.7 Å². The Morgan fingerprint density at radius 1 is 1.22 bits per heavy atom. The van der Waals surface area contributed by atoms with Gasteiger partial charge in [-0.05, 0) is 35.3 Å². The highest BCUT2D eigenvalue weighted by Gasteiger charge is 2.42. The first-order valence-corrected chi connectivity index (χ1v) is 6.92. The molecule has 3 N–H and O–H groups in total. The Labute approximate surface area is 110 Å². The van der Waals surface area contributed by atoms with E-state index in [-0.39, 0.29) is 12.0 Å². The molecule has 0 bridgehead atoms. The molecule has 1 aromatic rings. The standard InChI is InChI=1S/C16H25NO/c1-15(2,3)16(18,11-17)14-10-5-4-9-13(14)12-7-6-8-12/h4-5,9-10,12,18H,6-8,11,17H2,1-3H3. The van der Waals surface area contributed by atoms with Crippen LogP contribution in [0.4, 0.5) is 0 Å². The molecule has 1 aliphatic rings. The summed E-state index contributed by atoms with van der Waals surface area (Å²) in [7, 11) is 0. The van der Waals surface area contributed by atoms with Crippen LogP contribution in [0.1, 0.15) is 57.1 Å². The maximum atomic E-state index is 11.1. The fraction of sp³-hybridized carbons (Fsp3) is 0.625. The molecule has 2 nitrogen and oxygen atoms in total. The topological polar surface area (TPSA) is 46.2 Å². The van der Waals surface area contributed by atoms with Crippen LogP contribution in [0.3, 0.4) is 0 Å². The summed E-state index contributed by atoms with van der Waals surface area (Å²) < 4.78 is 0. The van der Waals surface area contributed by atoms with Gasteiger partial charge in [0.2, 0.25) is 0 Å². The van der Waals surface area contributed by atoms with Crippen LogP contribution < -0.4 is 5.73 Å². The van der Waals surface area contributed by atoms with Gasteiger partial charge >= 0.3 is 0 Å². The average Bonchev–Trinajstić information content (AvgIpc) is 2.25. The molecule has 0 aromatic heterocycles. The largest absolute Gasteiger partial charge is 0.383 e. The fourth-order valence-electron chi connectivity index (χ4n) is 2.77. The van der Waals surface area contributed by atoms with Gasteiger partial charge < -0.3 is 10.8 Å². The Morgan fingerprint density at radius 2 is 1.83 bits per heavy atom. The van der Waals surface area contributed by atoms with Gasteiger partial charge in [-0.1, -0.05) is 51.5 Å². The Morgan fingerprint density at radius 3 is 2.28 bits per heavy atom. The molecule has 100 valence electrons. The Bertz CT molecular complexity index is 417. The van der Waals surface area contributed by atoms with Crippen molar-refractivity contribution in [1.29, 1.82) is 0 Å². The lowest BCUT2D eigenvalue weighted by atomic mass is 9.67. The van der Waals surface area contributed by atoms with Crippen molar-refractivity contribution >= 4 is 0 Å². The van der Waals surface area contributed by atoms with Crippen molar-refractivity contribution in [2.75, 3.05) is 6.54 Å². The summed E-state index contributed by atoms with van der Waals surface area (Å²) in [6.45, 7) is 6.42. The van der Waals surface area contributed by atoms with Crippen molar-refractivity contribution in [3.63, 3.8) is 0 Å². The van der Waals surface area contributed by atoms with Crippen LogP contribution in [0.5, 0.6) is 0 Å². The monoisotopic (exact) mass is 247 g/mol. The first-order chi connectivity index (χ1) is 8.40. The van der Waals surface area contributed by atoms with Gasteiger partial charge in [-0.3, -0.25) is 0 Å². The Balaban J connectivity index is 2.48. The van der Waals surface area contributed by atoms with Crippen LogP contribution >= 0.6 is 0 Å². The summed E-state index contributed by atoms with van der Waals surface area (Å²) in [5, 5.41) is 11.1. The third-order valence-electron chi connectivity index (χ3n) is 4.49. The second-order valence-electron chi connectivity index (χ2n) is 6.53. The molecule has 1 unspecified atom stereocenters. The van der Waals surface area contributed by atoms with Crippen molar-refractivity contribution in [3.8, 4) is 0 Å². The lowest BCUT2D eigenvalue weighted by molar-refractivity contribution is -0.0568. The first kappa shape index (κ1) is 13.6. The van der Waals surface area contributed by atoms with E-state index in [2.05, 4.69) is 32.9 Å². The molecule has 0 saturated heterocycles. The third-order valence-corrected chi connectivity index (χ3v) is 4.49. The molecule has 2 heteroatoms. The van der Waals surface area contributed by atoms with Gasteiger partial charge in [-0.25, -0.2) is 0 Å². The molecular formula is C16H25NO. The van der Waals surface area contributed by atoms with Gasteiger partial charge in [0.1, 0.15) is 5.60 Å². The molecule has 0 aliphatic heterocycles. The molecule has 0 amide bonds. The highest BCUT2D eigenvalue weighted by molar-refractivity contribution is 5.37. The molecule has 18 heavy (non-hydrogen) atoms. The quantitative estimate of drug-likeness (QED) is 0.862. The molecule has 1 aliphatic carbocycles. The molecule has 0 heterocycles. The lowest BCUT2D eigenvalue weighted by Gasteiger charge is -2.42. The van der Waals surface area contributed by atoms with Gasteiger partial charge in [-0.15, -0.1) is 0 Å². The molecule has 0 spiro atoms. The zero-order chi connectivity index (χ0) is 13.4. The highest BCUT2D eigenvalue weighted by Crippen LogP contribution is 2.45. The fourth-order valence-corrected chi connectivity index (χ4v) is 2.77. The molecule has 1 aromatic carbocycles. The van der Waals surface area contributed by atoms with Crippen LogP contribution in [0.15, 0.2) is 24.3 Å². The van der Waals surface area contributed by atoms with E-state index in [1.54, 1.807) is 0 Å². The Hall–Kier alpha value is -0.860. The van der Waals surface area contributed by atoms with Gasteiger partial charge in [0.15, 0.2) is 0 Å². The summed E-state index contributed by atoms with van der Waals surface area (Å²) in [5.74, 6) is 0.613. The van der Waals surface area contributed by atoms with Crippen molar-refractivity contribution in [2.24, 2.45) is 11.1 Å². The lowest BCUT2D eigenvalue weighted by Crippen LogP contribution is -2.47. The van der Waals surface area contributed by atoms with E-state index in [0.29, 0.717) is 5.92 Å². The number of hydrogen-bond donors (Lipinski definition) is 2. The van der Waals surface area contributed by atoms with E-state index in [4.69, 9.17) is 5.73 Å². The number of benzene rings is 1. The van der Waals surface area contributed by atoms with Crippen molar-refractivity contribution in [1.82, 2.24) is 0 Å². The minimum atomic E-state index is -0.945. The summed E-state index contributed by atoms with van der Waals surface area (Å²) in [6.07, 6.45) is 3.78. The number of aliphatic hydroxyl groups is 1. The van der Waals surface area contributed by atoms with Crippen molar-refractivity contribution in [3.05, 3.63) is 35.4 Å². The van der Waals surface area contributed by atoms with Crippen LogP contribution in [0, 0.1) is 5.41 Å². The second kappa shape index (κ2) is 4.67. The van der Waals surface area contributed by atoms with Crippen LogP contribution in [0.2, 0.25) is 0 Å². The zero-order valence-electron chi connectivity index (χ0n) is 11.7. The number of hydrogen-bond acceptors (Lipinski definition) is 2. The number of rotatable bonds is 3. The molecule has 1 fully saturated rings. The maximum absolute atomic E-state index is 11.1. The minimum absolute atomic E-state index is 0.262. The van der Waals surface area contributed by atoms with E-state index >= 15 is 0 Å². The summed E-state index contributed by atoms with van der Waals surface area (Å²) in [4.78, 5) is 0. The highest BCUT2D eigenvalue weighted by atomic mass is 16.3. The SMILES string of the molecule is CC(C)(C)C(O)(CN)c1ccccc1C1CCC1. The van der Waals surface area contributed by atoms with Gasteiger partial charge in [0.05, 0.1) is 0 Å². The van der Waals surface area contributed by atoms with E-state index < -0.39 is 5.60 Å². The Kier molecular flexibility index (Phi) is 3.52. The van der Waals surface area contributed by atoms with Gasteiger partial charge in [0.25, 0.3) is 0 Å². The second-order valence-corrected chi connectivity index (χ2v) is 6.53. The maximum Gasteiger partial charge on any atom is 0.107 e. The van der Waals surface area contributed by atoms with Crippen LogP contribution in [-0.2, 0) is 5.60 Å². The number of nitrogens with two attached hydrogens (primary N) is 1. The smallest absolute Gasteiger partial charge is 0.107 e. The summed E-state index contributed by atoms with van der Waals surface area (Å²) >= 11 is 0. The van der Waals surface area contributed by atoms with E-state index in [0.717, 1.165) is 5.56 Å². The minimum Gasteiger partial charge on any atom is -0.383 e. The normalized spacial score (nSPS) is 20.3. The third kappa shape index (κ3) is 2.08.